The van der Waals surface area contributed by atoms with Crippen LogP contribution in [0.4, 0.5) is 0 Å². The standard InChI is InChI=1S/C36H49N7O8/c1-22(2)32-36(49)39-23(3)21-51-29-7-5-4-6-26(29)33(46)41-28(18-31(45)40-27(35(48)42-32)12-13-30(37)44)34(47)38-19-24-8-10-25(11-9-24)20-43-14-16-50-17-15-43/h4-11,22-23,27-28,32H,12-21H2,1-3H3,(H2,37,44)(H,38,47)(H,39,49)(H,40,45)(H,41,46)(H,42,48)/t23-,27-,28-,32+/m0/s1. The molecule has 6 amide bonds. The van der Waals surface area contributed by atoms with Crippen LogP contribution in [0.2, 0.25) is 0 Å². The van der Waals surface area contributed by atoms with Crippen molar-refractivity contribution in [1.82, 2.24) is 31.5 Å². The van der Waals surface area contributed by atoms with E-state index in [2.05, 4.69) is 31.5 Å². The smallest absolute Gasteiger partial charge is 0.255 e. The summed E-state index contributed by atoms with van der Waals surface area (Å²) in [5.41, 5.74) is 7.39. The van der Waals surface area contributed by atoms with Crippen LogP contribution in [-0.2, 0) is 41.8 Å². The van der Waals surface area contributed by atoms with Gasteiger partial charge >= 0.3 is 0 Å². The maximum atomic E-state index is 13.6. The van der Waals surface area contributed by atoms with Gasteiger partial charge in [0.25, 0.3) is 5.91 Å². The molecule has 7 N–H and O–H groups in total. The van der Waals surface area contributed by atoms with E-state index >= 15 is 0 Å². The van der Waals surface area contributed by atoms with Gasteiger partial charge in [-0.05, 0) is 42.5 Å². The number of carbonyl (C=O) groups is 6. The topological polar surface area (TPSA) is 210 Å². The number of primary amides is 1. The first-order chi connectivity index (χ1) is 24.4. The van der Waals surface area contributed by atoms with Gasteiger partial charge in [0, 0.05) is 32.6 Å². The minimum atomic E-state index is -1.35. The Morgan fingerprint density at radius 1 is 0.922 bits per heavy atom. The molecule has 2 aromatic rings. The van der Waals surface area contributed by atoms with Gasteiger partial charge in [-0.25, -0.2) is 0 Å². The monoisotopic (exact) mass is 707 g/mol. The summed E-state index contributed by atoms with van der Waals surface area (Å²) in [6.07, 6.45) is -0.916. The second-order valence-electron chi connectivity index (χ2n) is 13.2. The number of fused-ring (bicyclic) bond motifs is 1. The third kappa shape index (κ3) is 12.1. The van der Waals surface area contributed by atoms with E-state index in [1.807, 2.05) is 24.3 Å². The molecule has 0 unspecified atom stereocenters. The van der Waals surface area contributed by atoms with Crippen LogP contribution >= 0.6 is 0 Å². The second kappa shape index (κ2) is 18.8. The summed E-state index contributed by atoms with van der Waals surface area (Å²) >= 11 is 0. The fourth-order valence-electron chi connectivity index (χ4n) is 5.69. The van der Waals surface area contributed by atoms with E-state index in [-0.39, 0.29) is 43.2 Å². The number of rotatable bonds is 9. The van der Waals surface area contributed by atoms with Gasteiger partial charge in [0.1, 0.15) is 30.5 Å². The Kier molecular flexibility index (Phi) is 14.3. The number of hydrogen-bond donors (Lipinski definition) is 6. The van der Waals surface area contributed by atoms with Crippen molar-refractivity contribution in [3.63, 3.8) is 0 Å². The first-order valence-electron chi connectivity index (χ1n) is 17.3. The zero-order valence-corrected chi connectivity index (χ0v) is 29.4. The zero-order valence-electron chi connectivity index (χ0n) is 29.4. The lowest BCUT2D eigenvalue weighted by Gasteiger charge is -2.27. The first-order valence-corrected chi connectivity index (χ1v) is 17.3. The largest absolute Gasteiger partial charge is 0.491 e. The summed E-state index contributed by atoms with van der Waals surface area (Å²) in [6, 6.07) is 10.1. The number of hydrogen-bond acceptors (Lipinski definition) is 9. The van der Waals surface area contributed by atoms with Gasteiger partial charge < -0.3 is 41.8 Å². The van der Waals surface area contributed by atoms with Crippen LogP contribution in [0.15, 0.2) is 48.5 Å². The van der Waals surface area contributed by atoms with Gasteiger partial charge in [-0.3, -0.25) is 33.7 Å². The maximum absolute atomic E-state index is 13.6. The van der Waals surface area contributed by atoms with Crippen molar-refractivity contribution in [2.75, 3.05) is 32.9 Å². The van der Waals surface area contributed by atoms with E-state index in [9.17, 15) is 28.8 Å². The lowest BCUT2D eigenvalue weighted by molar-refractivity contribution is -0.134. The molecular weight excluding hydrogens is 658 g/mol. The summed E-state index contributed by atoms with van der Waals surface area (Å²) in [6.45, 7) is 9.25. The van der Waals surface area contributed by atoms with Gasteiger partial charge in [0.15, 0.2) is 0 Å². The van der Waals surface area contributed by atoms with Crippen LogP contribution < -0.4 is 37.1 Å². The molecule has 51 heavy (non-hydrogen) atoms. The Labute approximate surface area is 297 Å². The molecular formula is C36H49N7O8. The Bertz CT molecular complexity index is 1540. The van der Waals surface area contributed by atoms with Crippen molar-refractivity contribution in [2.45, 2.75) is 77.3 Å². The molecule has 0 aliphatic carbocycles. The highest BCUT2D eigenvalue weighted by Gasteiger charge is 2.32. The molecule has 15 nitrogen and oxygen atoms in total. The molecule has 15 heteroatoms. The number of benzene rings is 2. The first kappa shape index (κ1) is 38.8. The number of amides is 6. The fraction of sp³-hybridized carbons (Fsp3) is 0.500. The molecule has 0 aromatic heterocycles. The van der Waals surface area contributed by atoms with Crippen LogP contribution in [-0.4, -0.2) is 97.4 Å². The van der Waals surface area contributed by atoms with Gasteiger partial charge in [0.2, 0.25) is 29.5 Å². The van der Waals surface area contributed by atoms with E-state index in [0.29, 0.717) is 13.2 Å². The molecule has 1 fully saturated rings. The molecule has 0 saturated carbocycles. The Morgan fingerprint density at radius 3 is 2.29 bits per heavy atom. The Hall–Kier alpha value is -5.02. The van der Waals surface area contributed by atoms with Crippen molar-refractivity contribution in [3.05, 3.63) is 65.2 Å². The lowest BCUT2D eigenvalue weighted by Crippen LogP contribution is -2.57. The molecule has 0 radical (unpaired) electrons. The van der Waals surface area contributed by atoms with Gasteiger partial charge in [-0.1, -0.05) is 50.2 Å². The summed E-state index contributed by atoms with van der Waals surface area (Å²) in [4.78, 5) is 81.2. The number of para-hydroxylation sites is 1. The number of carbonyl (C=O) groups excluding carboxylic acids is 6. The van der Waals surface area contributed by atoms with Crippen molar-refractivity contribution >= 4 is 35.4 Å². The zero-order chi connectivity index (χ0) is 36.9. The highest BCUT2D eigenvalue weighted by molar-refractivity contribution is 6.01. The predicted octanol–water partition coefficient (Wildman–Crippen LogP) is 0.112. The molecule has 0 bridgehead atoms. The molecule has 2 aromatic carbocycles. The van der Waals surface area contributed by atoms with Crippen molar-refractivity contribution in [2.24, 2.45) is 11.7 Å². The Balaban J connectivity index is 1.55. The van der Waals surface area contributed by atoms with Crippen LogP contribution in [0, 0.1) is 5.92 Å². The summed E-state index contributed by atoms with van der Waals surface area (Å²) in [7, 11) is 0. The van der Waals surface area contributed by atoms with Crippen molar-refractivity contribution < 1.29 is 38.2 Å². The minimum absolute atomic E-state index is 0.00871. The molecule has 4 atom stereocenters. The Morgan fingerprint density at radius 2 is 1.61 bits per heavy atom. The number of morpholine rings is 1. The average Bonchev–Trinajstić information content (AvgIpc) is 3.10. The van der Waals surface area contributed by atoms with Crippen LogP contribution in [0.1, 0.15) is 61.5 Å². The normalized spacial score (nSPS) is 22.7. The SMILES string of the molecule is CC(C)[C@H]1NC(=O)[C@H](CCC(N)=O)NC(=O)C[C@@H](C(=O)NCc2ccc(CN3CCOCC3)cc2)NC(=O)c2ccccc2OC[C@H](C)NC1=O. The minimum Gasteiger partial charge on any atom is -0.491 e. The molecule has 0 spiro atoms. The van der Waals surface area contributed by atoms with Crippen LogP contribution in [0.5, 0.6) is 5.75 Å². The quantitative estimate of drug-likeness (QED) is 0.209. The summed E-state index contributed by atoms with van der Waals surface area (Å²) in [5.74, 6) is -4.06. The maximum Gasteiger partial charge on any atom is 0.255 e. The lowest BCUT2D eigenvalue weighted by atomic mass is 10.0. The number of ether oxygens (including phenoxy) is 2. The van der Waals surface area contributed by atoms with Gasteiger partial charge in [0.05, 0.1) is 31.2 Å². The third-order valence-corrected chi connectivity index (χ3v) is 8.60. The highest BCUT2D eigenvalue weighted by Crippen LogP contribution is 2.19. The van der Waals surface area contributed by atoms with Crippen LogP contribution in [0.3, 0.4) is 0 Å². The molecule has 276 valence electrons. The number of nitrogens with zero attached hydrogens (tertiary/aromatic N) is 1. The predicted molar refractivity (Wildman–Crippen MR) is 187 cm³/mol. The van der Waals surface area contributed by atoms with Gasteiger partial charge in [-0.15, -0.1) is 0 Å². The van der Waals surface area contributed by atoms with Gasteiger partial charge in [-0.2, -0.15) is 0 Å². The van der Waals surface area contributed by atoms with Crippen LogP contribution in [0.25, 0.3) is 0 Å². The van der Waals surface area contributed by atoms with E-state index in [4.69, 9.17) is 15.2 Å². The van der Waals surface area contributed by atoms with E-state index in [1.54, 1.807) is 39.0 Å². The van der Waals surface area contributed by atoms with Crippen molar-refractivity contribution in [1.29, 1.82) is 0 Å². The molecule has 1 saturated heterocycles. The van der Waals surface area contributed by atoms with Crippen molar-refractivity contribution in [3.8, 4) is 5.75 Å². The molecule has 2 heterocycles. The summed E-state index contributed by atoms with van der Waals surface area (Å²) < 4.78 is 11.3. The average molecular weight is 708 g/mol. The number of nitrogens with one attached hydrogen (secondary N) is 5. The van der Waals surface area contributed by atoms with E-state index < -0.39 is 66.0 Å². The fourth-order valence-corrected chi connectivity index (χ4v) is 5.69. The highest BCUT2D eigenvalue weighted by atomic mass is 16.5. The summed E-state index contributed by atoms with van der Waals surface area (Å²) in [5, 5.41) is 13.5. The molecule has 2 aliphatic heterocycles. The second-order valence-corrected chi connectivity index (χ2v) is 13.2. The molecule has 2 aliphatic rings. The molecule has 4 rings (SSSR count). The third-order valence-electron chi connectivity index (χ3n) is 8.60. The number of nitrogens with two attached hydrogens (primary N) is 1. The van der Waals surface area contributed by atoms with E-state index in [0.717, 1.165) is 30.8 Å². The van der Waals surface area contributed by atoms with E-state index in [1.165, 1.54) is 6.07 Å².